The first-order chi connectivity index (χ1) is 22.9. The molecule has 11 heteroatoms. The van der Waals surface area contributed by atoms with Crippen LogP contribution in [0.25, 0.3) is 22.2 Å². The molecule has 0 spiro atoms. The van der Waals surface area contributed by atoms with Crippen LogP contribution in [0.4, 0.5) is 19.3 Å². The molecule has 48 heavy (non-hydrogen) atoms. The first kappa shape index (κ1) is 32.7. The summed E-state index contributed by atoms with van der Waals surface area (Å²) in [6, 6.07) is 27.6. The van der Waals surface area contributed by atoms with Crippen LogP contribution in [0, 0.1) is 0 Å². The van der Waals surface area contributed by atoms with E-state index < -0.39 is 30.2 Å². The second-order valence-corrected chi connectivity index (χ2v) is 12.9. The molecule has 1 N–H and O–H groups in total. The number of fused-ring (bicyclic) bond motifs is 1. The van der Waals surface area contributed by atoms with Crippen molar-refractivity contribution in [2.45, 2.75) is 58.0 Å². The molecular weight excluding hydrogens is 616 g/mol. The van der Waals surface area contributed by atoms with Gasteiger partial charge in [0.15, 0.2) is 0 Å². The summed E-state index contributed by atoms with van der Waals surface area (Å²) in [5.74, 6) is -2.39. The highest BCUT2D eigenvalue weighted by Crippen LogP contribution is 2.37. The Hall–Kier alpha value is -5.19. The van der Waals surface area contributed by atoms with Crippen LogP contribution < -0.4 is 14.8 Å². The number of benzene rings is 3. The number of ether oxygens (including phenoxy) is 3. The molecule has 6 rings (SSSR count). The zero-order chi connectivity index (χ0) is 33.9. The zero-order valence-electron chi connectivity index (χ0n) is 27.5. The number of hydrogen-bond donors (Lipinski definition) is 1. The lowest BCUT2D eigenvalue weighted by Gasteiger charge is -2.39. The molecule has 3 heterocycles. The fourth-order valence-corrected chi connectivity index (χ4v) is 5.60. The molecule has 1 amide bonds. The van der Waals surface area contributed by atoms with Gasteiger partial charge >= 0.3 is 6.09 Å². The molecule has 1 aliphatic rings. The molecule has 0 bridgehead atoms. The number of piperidine rings is 1. The summed E-state index contributed by atoms with van der Waals surface area (Å²) in [6.07, 6.45) is -0.672. The van der Waals surface area contributed by atoms with E-state index in [2.05, 4.69) is 5.32 Å². The first-order valence-electron chi connectivity index (χ1n) is 15.9. The van der Waals surface area contributed by atoms with Gasteiger partial charge in [0.2, 0.25) is 11.8 Å². The summed E-state index contributed by atoms with van der Waals surface area (Å²) in [7, 11) is 1.80. The number of hydrogen-bond acceptors (Lipinski definition) is 7. The number of aromatic nitrogens is 3. The van der Waals surface area contributed by atoms with Gasteiger partial charge in [0.05, 0.1) is 23.7 Å². The van der Waals surface area contributed by atoms with Crippen LogP contribution in [-0.4, -0.2) is 56.4 Å². The molecule has 250 valence electrons. The Morgan fingerprint density at radius 3 is 2.25 bits per heavy atom. The van der Waals surface area contributed by atoms with Crippen molar-refractivity contribution in [1.29, 1.82) is 0 Å². The number of rotatable bonds is 9. The number of carbonyl (C=O) groups is 1. The molecule has 1 fully saturated rings. The Morgan fingerprint density at radius 1 is 0.938 bits per heavy atom. The summed E-state index contributed by atoms with van der Waals surface area (Å²) in [6.45, 7) is 5.22. The van der Waals surface area contributed by atoms with Gasteiger partial charge in [0, 0.05) is 30.7 Å². The van der Waals surface area contributed by atoms with E-state index in [1.54, 1.807) is 50.7 Å². The maximum atomic E-state index is 15.3. The standard InChI is InChI=1S/C37H39F2N5O4/c1-36(2,3)48-35(45)44-20-19-31(37(38,39)24-44)40-27-15-16-28-30(21-27)43(4)42-33(28)29-17-18-32(46-22-25-11-7-5-8-12-25)41-34(29)47-23-26-13-9-6-10-14-26/h5-18,21,31,40H,19-20,22-24H2,1-4H3/t31-/m1/s1. The first-order valence-corrected chi connectivity index (χ1v) is 15.9. The van der Waals surface area contributed by atoms with Gasteiger partial charge < -0.3 is 24.4 Å². The van der Waals surface area contributed by atoms with Gasteiger partial charge in [-0.3, -0.25) is 4.68 Å². The van der Waals surface area contributed by atoms with Crippen LogP contribution in [0.5, 0.6) is 11.8 Å². The van der Waals surface area contributed by atoms with Gasteiger partial charge in [0.25, 0.3) is 5.92 Å². The summed E-state index contributed by atoms with van der Waals surface area (Å²) in [5, 5.41) is 8.61. The number of halogens is 2. The average Bonchev–Trinajstić information content (AvgIpc) is 3.39. The minimum Gasteiger partial charge on any atom is -0.473 e. The molecule has 9 nitrogen and oxygen atoms in total. The van der Waals surface area contributed by atoms with Crippen LogP contribution in [-0.2, 0) is 25.0 Å². The molecule has 1 saturated heterocycles. The number of carbonyl (C=O) groups excluding carboxylic acids is 1. The van der Waals surface area contributed by atoms with Crippen LogP contribution in [0.3, 0.4) is 0 Å². The highest BCUT2D eigenvalue weighted by atomic mass is 19.3. The lowest BCUT2D eigenvalue weighted by molar-refractivity contribution is -0.0770. The predicted molar refractivity (Wildman–Crippen MR) is 180 cm³/mol. The molecule has 3 aromatic carbocycles. The average molecular weight is 656 g/mol. The third kappa shape index (κ3) is 7.67. The van der Waals surface area contributed by atoms with Gasteiger partial charge in [-0.25, -0.2) is 13.6 Å². The van der Waals surface area contributed by atoms with E-state index in [9.17, 15) is 4.79 Å². The third-order valence-corrected chi connectivity index (χ3v) is 7.98. The largest absolute Gasteiger partial charge is 0.473 e. The number of nitrogens with zero attached hydrogens (tertiary/aromatic N) is 4. The van der Waals surface area contributed by atoms with E-state index in [4.69, 9.17) is 24.3 Å². The van der Waals surface area contributed by atoms with Crippen molar-refractivity contribution in [2.75, 3.05) is 18.4 Å². The molecule has 5 aromatic rings. The fourth-order valence-electron chi connectivity index (χ4n) is 5.60. The summed E-state index contributed by atoms with van der Waals surface area (Å²) in [4.78, 5) is 18.2. The molecule has 0 saturated carbocycles. The monoisotopic (exact) mass is 655 g/mol. The Bertz CT molecular complexity index is 1880. The zero-order valence-corrected chi connectivity index (χ0v) is 27.5. The molecule has 2 aromatic heterocycles. The topological polar surface area (TPSA) is 90.7 Å². The van der Waals surface area contributed by atoms with E-state index in [0.717, 1.165) is 26.9 Å². The van der Waals surface area contributed by atoms with Crippen LogP contribution >= 0.6 is 0 Å². The van der Waals surface area contributed by atoms with Crippen molar-refractivity contribution >= 4 is 22.7 Å². The van der Waals surface area contributed by atoms with Crippen LogP contribution in [0.15, 0.2) is 91.0 Å². The second-order valence-electron chi connectivity index (χ2n) is 12.9. The van der Waals surface area contributed by atoms with Crippen molar-refractivity contribution in [3.63, 3.8) is 0 Å². The SMILES string of the molecule is Cn1nc(-c2ccc(OCc3ccccc3)nc2OCc2ccccc2)c2ccc(N[C@@H]3CCN(C(=O)OC(C)(C)C)CC3(F)F)cc21. The molecule has 1 aliphatic heterocycles. The van der Waals surface area contributed by atoms with E-state index in [1.165, 1.54) is 0 Å². The van der Waals surface area contributed by atoms with Crippen LogP contribution in [0.2, 0.25) is 0 Å². The number of likely N-dealkylation sites (tertiary alicyclic amines) is 1. The van der Waals surface area contributed by atoms with Crippen molar-refractivity contribution in [1.82, 2.24) is 19.7 Å². The summed E-state index contributed by atoms with van der Waals surface area (Å²) in [5.41, 5.74) is 3.81. The Labute approximate surface area is 278 Å². The van der Waals surface area contributed by atoms with E-state index in [1.807, 2.05) is 72.8 Å². The number of pyridine rings is 1. The fraction of sp³-hybridized carbons (Fsp3) is 0.324. The Kier molecular flexibility index (Phi) is 9.21. The van der Waals surface area contributed by atoms with Crippen molar-refractivity contribution in [3.05, 3.63) is 102 Å². The lowest BCUT2D eigenvalue weighted by atomic mass is 10.0. The number of anilines is 1. The van der Waals surface area contributed by atoms with Crippen molar-refractivity contribution in [3.8, 4) is 23.0 Å². The summed E-state index contributed by atoms with van der Waals surface area (Å²) >= 11 is 0. The van der Waals surface area contributed by atoms with Gasteiger partial charge in [-0.05, 0) is 62.6 Å². The van der Waals surface area contributed by atoms with Crippen LogP contribution in [0.1, 0.15) is 38.3 Å². The minimum absolute atomic E-state index is 0.0629. The second kappa shape index (κ2) is 13.5. The van der Waals surface area contributed by atoms with Crippen molar-refractivity contribution in [2.24, 2.45) is 7.05 Å². The number of aryl methyl sites for hydroxylation is 1. The Morgan fingerprint density at radius 2 is 1.60 bits per heavy atom. The quantitative estimate of drug-likeness (QED) is 0.173. The highest BCUT2D eigenvalue weighted by molar-refractivity contribution is 5.96. The maximum Gasteiger partial charge on any atom is 0.410 e. The van der Waals surface area contributed by atoms with Gasteiger partial charge in [0.1, 0.15) is 24.5 Å². The molecule has 1 atom stereocenters. The molecular formula is C37H39F2N5O4. The van der Waals surface area contributed by atoms with Gasteiger partial charge in [-0.2, -0.15) is 10.1 Å². The minimum atomic E-state index is -3.16. The predicted octanol–water partition coefficient (Wildman–Crippen LogP) is 7.85. The van der Waals surface area contributed by atoms with E-state index in [-0.39, 0.29) is 13.0 Å². The normalized spacial score (nSPS) is 16.0. The summed E-state index contributed by atoms with van der Waals surface area (Å²) < 4.78 is 49.8. The lowest BCUT2D eigenvalue weighted by Crippen LogP contribution is -2.56. The molecule has 0 unspecified atom stereocenters. The van der Waals surface area contributed by atoms with Gasteiger partial charge in [-0.15, -0.1) is 0 Å². The van der Waals surface area contributed by atoms with Crippen molar-refractivity contribution < 1.29 is 27.8 Å². The van der Waals surface area contributed by atoms with E-state index in [0.29, 0.717) is 41.9 Å². The van der Waals surface area contributed by atoms with E-state index >= 15 is 8.78 Å². The highest BCUT2D eigenvalue weighted by Gasteiger charge is 2.46. The molecule has 0 aliphatic carbocycles. The number of nitrogens with one attached hydrogen (secondary N) is 1. The number of amides is 1. The maximum absolute atomic E-state index is 15.3. The molecule has 0 radical (unpaired) electrons. The smallest absolute Gasteiger partial charge is 0.410 e. The third-order valence-electron chi connectivity index (χ3n) is 7.98. The Balaban J connectivity index is 1.24. The number of alkyl halides is 2. The van der Waals surface area contributed by atoms with Gasteiger partial charge in [-0.1, -0.05) is 60.7 Å².